The van der Waals surface area contributed by atoms with Crippen LogP contribution in [0.3, 0.4) is 0 Å². The first-order valence-electron chi connectivity index (χ1n) is 3.53. The Morgan fingerprint density at radius 1 is 1.60 bits per heavy atom. The molecule has 1 atom stereocenters. The largest absolute Gasteiger partial charge is 0.378 e. The molecule has 0 bridgehead atoms. The Bertz CT molecular complexity index is 123. The van der Waals surface area contributed by atoms with E-state index < -0.39 is 12.8 Å². The third-order valence-corrected chi connectivity index (χ3v) is 1.07. The van der Waals surface area contributed by atoms with E-state index in [2.05, 4.69) is 18.8 Å². The molecule has 0 saturated heterocycles. The summed E-state index contributed by atoms with van der Waals surface area (Å²) in [6.07, 6.45) is 1.79. The predicted octanol–water partition coefficient (Wildman–Crippen LogP) is 1.51. The summed E-state index contributed by atoms with van der Waals surface area (Å²) in [5.41, 5.74) is 0. The Morgan fingerprint density at radius 2 is 2.30 bits per heavy atom. The number of unbranched alkanes of at least 4 members (excludes halogenated alkanes) is 2. The minimum Gasteiger partial charge on any atom is -0.378 e. The van der Waals surface area contributed by atoms with Crippen molar-refractivity contribution < 1.29 is 9.50 Å². The van der Waals surface area contributed by atoms with Crippen LogP contribution in [0.5, 0.6) is 0 Å². The fourth-order valence-corrected chi connectivity index (χ4v) is 0.494. The van der Waals surface area contributed by atoms with Gasteiger partial charge in [-0.3, -0.25) is 0 Å². The highest BCUT2D eigenvalue weighted by molar-refractivity contribution is 5.04. The van der Waals surface area contributed by atoms with Crippen LogP contribution in [0.2, 0.25) is 0 Å². The van der Waals surface area contributed by atoms with Crippen LogP contribution in [0.15, 0.2) is 0 Å². The monoisotopic (exact) mass is 144 g/mol. The highest BCUT2D eigenvalue weighted by Gasteiger charge is 1.92. The van der Waals surface area contributed by atoms with Crippen molar-refractivity contribution in [3.05, 3.63) is 0 Å². The molecule has 0 fully saturated rings. The Hall–Kier alpha value is -0.550. The van der Waals surface area contributed by atoms with E-state index in [0.29, 0.717) is 0 Å². The zero-order valence-electron chi connectivity index (χ0n) is 6.23. The molecule has 0 aromatic heterocycles. The quantitative estimate of drug-likeness (QED) is 0.470. The highest BCUT2D eigenvalue weighted by Crippen LogP contribution is 1.91. The summed E-state index contributed by atoms with van der Waals surface area (Å²) >= 11 is 0. The third kappa shape index (κ3) is 5.58. The van der Waals surface area contributed by atoms with Gasteiger partial charge in [0.05, 0.1) is 0 Å². The normalized spacial score (nSPS) is 11.9. The summed E-state index contributed by atoms with van der Waals surface area (Å²) in [5.74, 6) is 5.09. The zero-order chi connectivity index (χ0) is 7.82. The molecular weight excluding hydrogens is 131 g/mol. The average molecular weight is 144 g/mol. The molecule has 10 heavy (non-hydrogen) atoms. The van der Waals surface area contributed by atoms with E-state index in [9.17, 15) is 4.39 Å². The smallest absolute Gasteiger partial charge is 0.142 e. The molecule has 0 amide bonds. The molecule has 0 rings (SSSR count). The summed E-state index contributed by atoms with van der Waals surface area (Å²) in [5, 5.41) is 8.61. The van der Waals surface area contributed by atoms with Crippen molar-refractivity contribution in [1.29, 1.82) is 0 Å². The van der Waals surface area contributed by atoms with E-state index in [4.69, 9.17) is 5.11 Å². The van der Waals surface area contributed by atoms with Gasteiger partial charge in [-0.2, -0.15) is 0 Å². The lowest BCUT2D eigenvalue weighted by molar-refractivity contribution is 0.192. The van der Waals surface area contributed by atoms with Gasteiger partial charge in [0.25, 0.3) is 0 Å². The molecule has 2 heteroatoms. The molecule has 1 N–H and O–H groups in total. The molecular formula is C8H13FO. The van der Waals surface area contributed by atoms with Crippen LogP contribution in [0.25, 0.3) is 0 Å². The van der Waals surface area contributed by atoms with Crippen molar-refractivity contribution in [2.75, 3.05) is 6.67 Å². The number of halogens is 1. The van der Waals surface area contributed by atoms with Crippen LogP contribution in [-0.4, -0.2) is 17.9 Å². The van der Waals surface area contributed by atoms with Crippen molar-refractivity contribution in [3.8, 4) is 11.8 Å². The zero-order valence-corrected chi connectivity index (χ0v) is 6.23. The number of alkyl halides is 1. The van der Waals surface area contributed by atoms with Crippen molar-refractivity contribution in [1.82, 2.24) is 0 Å². The molecule has 1 nitrogen and oxygen atoms in total. The number of aliphatic hydroxyl groups is 1. The van der Waals surface area contributed by atoms with E-state index >= 15 is 0 Å². The second-order valence-corrected chi connectivity index (χ2v) is 2.09. The van der Waals surface area contributed by atoms with Gasteiger partial charge in [0.15, 0.2) is 0 Å². The Balaban J connectivity index is 3.29. The van der Waals surface area contributed by atoms with Gasteiger partial charge in [0.2, 0.25) is 0 Å². The van der Waals surface area contributed by atoms with E-state index in [1.54, 1.807) is 0 Å². The molecule has 0 aliphatic heterocycles. The fourth-order valence-electron chi connectivity index (χ4n) is 0.494. The maximum absolute atomic E-state index is 11.5. The van der Waals surface area contributed by atoms with Crippen LogP contribution in [0, 0.1) is 11.8 Å². The molecule has 0 unspecified atom stereocenters. The summed E-state index contributed by atoms with van der Waals surface area (Å²) in [6, 6.07) is 0. The van der Waals surface area contributed by atoms with E-state index in [1.807, 2.05) is 0 Å². The summed E-state index contributed by atoms with van der Waals surface area (Å²) < 4.78 is 11.5. The van der Waals surface area contributed by atoms with Crippen molar-refractivity contribution in [3.63, 3.8) is 0 Å². The SMILES string of the molecule is CCCCC#C[C@@H](O)CF. The fraction of sp³-hybridized carbons (Fsp3) is 0.750. The van der Waals surface area contributed by atoms with Crippen LogP contribution in [0.4, 0.5) is 4.39 Å². The number of rotatable bonds is 3. The Labute approximate surface area is 61.3 Å². The van der Waals surface area contributed by atoms with Gasteiger partial charge < -0.3 is 5.11 Å². The average Bonchev–Trinajstić information content (AvgIpc) is 1.98. The van der Waals surface area contributed by atoms with Gasteiger partial charge >= 0.3 is 0 Å². The Kier molecular flexibility index (Phi) is 6.21. The number of hydrogen-bond donors (Lipinski definition) is 1. The first-order chi connectivity index (χ1) is 4.81. The van der Waals surface area contributed by atoms with Crippen LogP contribution in [0.1, 0.15) is 26.2 Å². The van der Waals surface area contributed by atoms with Gasteiger partial charge in [-0.1, -0.05) is 19.3 Å². The van der Waals surface area contributed by atoms with E-state index in [1.165, 1.54) is 0 Å². The molecule has 0 aromatic carbocycles. The summed E-state index contributed by atoms with van der Waals surface area (Å²) in [7, 11) is 0. The molecule has 0 aliphatic carbocycles. The molecule has 0 heterocycles. The lowest BCUT2D eigenvalue weighted by Crippen LogP contribution is -2.03. The van der Waals surface area contributed by atoms with Crippen molar-refractivity contribution in [2.45, 2.75) is 32.3 Å². The minimum atomic E-state index is -1.07. The lowest BCUT2D eigenvalue weighted by atomic mass is 10.2. The molecule has 58 valence electrons. The first-order valence-corrected chi connectivity index (χ1v) is 3.53. The van der Waals surface area contributed by atoms with Gasteiger partial charge in [-0.15, -0.1) is 5.92 Å². The predicted molar refractivity (Wildman–Crippen MR) is 39.3 cm³/mol. The van der Waals surface area contributed by atoms with E-state index in [0.717, 1.165) is 19.3 Å². The number of hydrogen-bond acceptors (Lipinski definition) is 1. The topological polar surface area (TPSA) is 20.2 Å². The highest BCUT2D eigenvalue weighted by atomic mass is 19.1. The third-order valence-electron chi connectivity index (χ3n) is 1.07. The first kappa shape index (κ1) is 9.45. The van der Waals surface area contributed by atoms with Crippen molar-refractivity contribution in [2.24, 2.45) is 0 Å². The van der Waals surface area contributed by atoms with Gasteiger partial charge in [0.1, 0.15) is 12.8 Å². The van der Waals surface area contributed by atoms with Gasteiger partial charge in [-0.25, -0.2) is 4.39 Å². The van der Waals surface area contributed by atoms with Crippen molar-refractivity contribution >= 4 is 0 Å². The molecule has 0 aromatic rings. The molecule has 0 aliphatic rings. The summed E-state index contributed by atoms with van der Waals surface area (Å²) in [4.78, 5) is 0. The second kappa shape index (κ2) is 6.57. The molecule has 0 spiro atoms. The van der Waals surface area contributed by atoms with Crippen LogP contribution < -0.4 is 0 Å². The number of aliphatic hydroxyl groups excluding tert-OH is 1. The van der Waals surface area contributed by atoms with Crippen LogP contribution in [-0.2, 0) is 0 Å². The second-order valence-electron chi connectivity index (χ2n) is 2.09. The lowest BCUT2D eigenvalue weighted by Gasteiger charge is -1.91. The maximum atomic E-state index is 11.5. The minimum absolute atomic E-state index is 0.758. The summed E-state index contributed by atoms with van der Waals surface area (Å²) in [6.45, 7) is 1.30. The maximum Gasteiger partial charge on any atom is 0.142 e. The van der Waals surface area contributed by atoms with Gasteiger partial charge in [0, 0.05) is 6.42 Å². The standard InChI is InChI=1S/C8H13FO/c1-2-3-4-5-6-8(10)7-9/h8,10H,2-4,7H2,1H3/t8-/m1/s1. The van der Waals surface area contributed by atoms with E-state index in [-0.39, 0.29) is 0 Å². The molecule has 0 saturated carbocycles. The van der Waals surface area contributed by atoms with Gasteiger partial charge in [-0.05, 0) is 6.42 Å². The Morgan fingerprint density at radius 3 is 2.80 bits per heavy atom. The molecule has 0 radical (unpaired) electrons. The van der Waals surface area contributed by atoms with Crippen LogP contribution >= 0.6 is 0 Å².